The molecule has 0 amide bonds. The van der Waals surface area contributed by atoms with Crippen molar-refractivity contribution in [3.63, 3.8) is 0 Å². The Bertz CT molecular complexity index is 538. The zero-order valence-electron chi connectivity index (χ0n) is 12.1. The Morgan fingerprint density at radius 1 is 1.26 bits per heavy atom. The molecule has 2 nitrogen and oxygen atoms in total. The molecule has 0 fully saturated rings. The second-order valence-corrected chi connectivity index (χ2v) is 5.23. The zero-order chi connectivity index (χ0) is 13.3. The number of rotatable bonds is 3. The summed E-state index contributed by atoms with van der Waals surface area (Å²) in [5.74, 6) is 1.79. The number of aromatic nitrogens is 1. The van der Waals surface area contributed by atoms with Crippen LogP contribution in [0.15, 0.2) is 22.6 Å². The Kier molecular flexibility index (Phi) is 5.11. The molecule has 0 atom stereocenters. The molecule has 0 bridgehead atoms. The largest absolute Gasteiger partial charge is 0.569 e. The molecule has 105 valence electrons. The first kappa shape index (κ1) is 16.1. The number of hydrogen-bond donors (Lipinski definition) is 0. The Morgan fingerprint density at radius 2 is 1.95 bits per heavy atom. The van der Waals surface area contributed by atoms with E-state index in [1.54, 1.807) is 0 Å². The minimum absolute atomic E-state index is 0. The monoisotopic (exact) mass is 435 g/mol. The molecule has 0 saturated heterocycles. The molecule has 0 aliphatic carbocycles. The first-order valence-corrected chi connectivity index (χ1v) is 6.41. The van der Waals surface area contributed by atoms with Gasteiger partial charge in [-0.1, -0.05) is 32.6 Å². The van der Waals surface area contributed by atoms with E-state index in [1.165, 1.54) is 0 Å². The van der Waals surface area contributed by atoms with Crippen molar-refractivity contribution in [1.82, 2.24) is 4.98 Å². The Morgan fingerprint density at radius 3 is 2.47 bits per heavy atom. The molecule has 3 heteroatoms. The number of pyridine rings is 1. The second kappa shape index (κ2) is 6.02. The van der Waals surface area contributed by atoms with Gasteiger partial charge in [-0.2, -0.15) is 5.56 Å². The third-order valence-corrected chi connectivity index (χ3v) is 3.46. The molecule has 0 aliphatic heterocycles. The standard InChI is InChI=1S/C16H20NO.Ir/c1-6-13-8-7-9-14(17-13)16(4,5)15-10-11(2)12(3)18-15;/h7-9H,6H2,1-5H3;/q-1;. The summed E-state index contributed by atoms with van der Waals surface area (Å²) in [6.45, 7) is 10.4. The van der Waals surface area contributed by atoms with E-state index in [9.17, 15) is 0 Å². The van der Waals surface area contributed by atoms with E-state index in [2.05, 4.69) is 45.0 Å². The van der Waals surface area contributed by atoms with Gasteiger partial charge in [0, 0.05) is 37.0 Å². The van der Waals surface area contributed by atoms with Crippen molar-refractivity contribution in [3.8, 4) is 0 Å². The molecule has 19 heavy (non-hydrogen) atoms. The molecule has 2 aromatic rings. The van der Waals surface area contributed by atoms with Crippen LogP contribution in [-0.2, 0) is 31.9 Å². The number of nitrogens with zero attached hydrogens (tertiary/aromatic N) is 1. The third kappa shape index (κ3) is 3.16. The summed E-state index contributed by atoms with van der Waals surface area (Å²) in [6, 6.07) is 9.49. The van der Waals surface area contributed by atoms with Gasteiger partial charge in [0.15, 0.2) is 0 Å². The first-order chi connectivity index (χ1) is 8.45. The zero-order valence-corrected chi connectivity index (χ0v) is 14.5. The van der Waals surface area contributed by atoms with E-state index < -0.39 is 0 Å². The van der Waals surface area contributed by atoms with E-state index in [-0.39, 0.29) is 25.5 Å². The summed E-state index contributed by atoms with van der Waals surface area (Å²) in [7, 11) is 0. The number of furan rings is 1. The van der Waals surface area contributed by atoms with Gasteiger partial charge in [0.1, 0.15) is 0 Å². The van der Waals surface area contributed by atoms with Gasteiger partial charge in [-0.3, -0.25) is 4.98 Å². The van der Waals surface area contributed by atoms with Crippen molar-refractivity contribution in [2.24, 2.45) is 0 Å². The van der Waals surface area contributed by atoms with Gasteiger partial charge in [-0.05, 0) is 32.4 Å². The van der Waals surface area contributed by atoms with Crippen LogP contribution in [0.4, 0.5) is 0 Å². The molecule has 2 heterocycles. The summed E-state index contributed by atoms with van der Waals surface area (Å²) in [5, 5.41) is 0. The van der Waals surface area contributed by atoms with Gasteiger partial charge in [0.05, 0.1) is 5.69 Å². The van der Waals surface area contributed by atoms with Crippen molar-refractivity contribution in [3.05, 3.63) is 52.7 Å². The average molecular weight is 435 g/mol. The molecule has 2 rings (SSSR count). The fourth-order valence-corrected chi connectivity index (χ4v) is 1.94. The summed E-state index contributed by atoms with van der Waals surface area (Å²) in [5.41, 5.74) is 2.97. The van der Waals surface area contributed by atoms with Crippen LogP contribution in [-0.4, -0.2) is 4.98 Å². The summed E-state index contributed by atoms with van der Waals surface area (Å²) in [4.78, 5) is 4.70. The Labute approximate surface area is 129 Å². The molecule has 2 aromatic heterocycles. The van der Waals surface area contributed by atoms with Crippen molar-refractivity contribution in [2.45, 2.75) is 46.5 Å². The topological polar surface area (TPSA) is 26.0 Å². The van der Waals surface area contributed by atoms with Crippen LogP contribution in [0.2, 0.25) is 0 Å². The van der Waals surface area contributed by atoms with Crippen molar-refractivity contribution < 1.29 is 24.5 Å². The van der Waals surface area contributed by atoms with Crippen LogP contribution >= 0.6 is 0 Å². The van der Waals surface area contributed by atoms with Gasteiger partial charge in [0.2, 0.25) is 0 Å². The van der Waals surface area contributed by atoms with Gasteiger partial charge >= 0.3 is 0 Å². The second-order valence-electron chi connectivity index (χ2n) is 5.23. The predicted molar refractivity (Wildman–Crippen MR) is 72.8 cm³/mol. The first-order valence-electron chi connectivity index (χ1n) is 6.41. The van der Waals surface area contributed by atoms with Crippen molar-refractivity contribution >= 4 is 0 Å². The molecular weight excluding hydrogens is 414 g/mol. The van der Waals surface area contributed by atoms with Crippen LogP contribution in [0.25, 0.3) is 0 Å². The number of aryl methyl sites for hydroxylation is 3. The molecule has 0 unspecified atom stereocenters. The van der Waals surface area contributed by atoms with Crippen LogP contribution in [0.1, 0.15) is 49.2 Å². The van der Waals surface area contributed by atoms with Crippen LogP contribution in [0, 0.1) is 19.9 Å². The molecule has 1 radical (unpaired) electrons. The maximum atomic E-state index is 5.81. The smallest absolute Gasteiger partial charge is 0.0520 e. The number of hydrogen-bond acceptors (Lipinski definition) is 2. The molecule has 0 N–H and O–H groups in total. The minimum Gasteiger partial charge on any atom is -0.569 e. The van der Waals surface area contributed by atoms with Crippen molar-refractivity contribution in [2.75, 3.05) is 0 Å². The quantitative estimate of drug-likeness (QED) is 0.683. The Hall–Kier alpha value is -0.921. The summed E-state index contributed by atoms with van der Waals surface area (Å²) in [6.07, 6.45) is 0.948. The van der Waals surface area contributed by atoms with Gasteiger partial charge in [-0.25, -0.2) is 6.07 Å². The maximum absolute atomic E-state index is 5.81. The molecular formula is C16H20IrNO-. The summed E-state index contributed by atoms with van der Waals surface area (Å²) >= 11 is 0. The summed E-state index contributed by atoms with van der Waals surface area (Å²) < 4.78 is 5.81. The molecule has 0 aliphatic rings. The average Bonchev–Trinajstić information content (AvgIpc) is 2.70. The van der Waals surface area contributed by atoms with Crippen molar-refractivity contribution in [1.29, 1.82) is 0 Å². The fourth-order valence-electron chi connectivity index (χ4n) is 1.94. The predicted octanol–water partition coefficient (Wildman–Crippen LogP) is 3.98. The normalized spacial score (nSPS) is 11.2. The minimum atomic E-state index is -0.246. The van der Waals surface area contributed by atoms with E-state index in [0.717, 1.165) is 34.9 Å². The Balaban J connectivity index is 0.00000180. The molecule has 0 spiro atoms. The van der Waals surface area contributed by atoms with E-state index >= 15 is 0 Å². The van der Waals surface area contributed by atoms with Gasteiger partial charge in [0.25, 0.3) is 0 Å². The molecule has 0 saturated carbocycles. The fraction of sp³-hybridized carbons (Fsp3) is 0.438. The SMILES string of the molecule is CCc1cccc(C(C)(C)c2[c-]c(C)c(C)o2)n1.[Ir]. The van der Waals surface area contributed by atoms with E-state index in [1.807, 2.05) is 13.8 Å². The van der Waals surface area contributed by atoms with E-state index in [4.69, 9.17) is 9.40 Å². The van der Waals surface area contributed by atoms with Gasteiger partial charge < -0.3 is 4.42 Å². The van der Waals surface area contributed by atoms with Crippen LogP contribution < -0.4 is 0 Å². The van der Waals surface area contributed by atoms with E-state index in [0.29, 0.717) is 0 Å². The molecule has 0 aromatic carbocycles. The van der Waals surface area contributed by atoms with Crippen LogP contribution in [0.3, 0.4) is 0 Å². The third-order valence-electron chi connectivity index (χ3n) is 3.46. The maximum Gasteiger partial charge on any atom is 0.0520 e. The van der Waals surface area contributed by atoms with Crippen LogP contribution in [0.5, 0.6) is 0 Å². The van der Waals surface area contributed by atoms with Gasteiger partial charge in [-0.15, -0.1) is 0 Å².